The van der Waals surface area contributed by atoms with Gasteiger partial charge in [-0.15, -0.1) is 0 Å². The van der Waals surface area contributed by atoms with Crippen LogP contribution in [0.2, 0.25) is 0 Å². The number of carbonyl (C=O) groups excluding carboxylic acids is 1. The van der Waals surface area contributed by atoms with Crippen LogP contribution in [-0.2, 0) is 16.0 Å². The van der Waals surface area contributed by atoms with Crippen LogP contribution in [0.4, 0.5) is 11.4 Å². The molecule has 2 aliphatic heterocycles. The van der Waals surface area contributed by atoms with Crippen molar-refractivity contribution < 1.29 is 9.53 Å². The van der Waals surface area contributed by atoms with E-state index in [2.05, 4.69) is 54.7 Å². The first-order valence-corrected chi connectivity index (χ1v) is 9.96. The summed E-state index contributed by atoms with van der Waals surface area (Å²) >= 11 is 0. The Morgan fingerprint density at radius 1 is 1.19 bits per heavy atom. The Balaban J connectivity index is 1.55. The van der Waals surface area contributed by atoms with Gasteiger partial charge >= 0.3 is 0 Å². The molecule has 27 heavy (non-hydrogen) atoms. The molecule has 0 bridgehead atoms. The fourth-order valence-corrected chi connectivity index (χ4v) is 4.23. The van der Waals surface area contributed by atoms with E-state index in [0.717, 1.165) is 50.4 Å². The second-order valence-corrected chi connectivity index (χ2v) is 7.81. The number of aryl methyl sites for hydroxylation is 1. The van der Waals surface area contributed by atoms with Gasteiger partial charge in [0, 0.05) is 43.4 Å². The highest BCUT2D eigenvalue weighted by Crippen LogP contribution is 2.34. The molecular weight excluding hydrogens is 336 g/mol. The maximum absolute atomic E-state index is 12.1. The van der Waals surface area contributed by atoms with Crippen molar-refractivity contribution in [3.05, 3.63) is 48.0 Å². The number of nitrogens with zero attached hydrogens (tertiary/aromatic N) is 1. The Morgan fingerprint density at radius 3 is 2.81 bits per heavy atom. The van der Waals surface area contributed by atoms with Crippen LogP contribution in [0.3, 0.4) is 0 Å². The summed E-state index contributed by atoms with van der Waals surface area (Å²) in [4.78, 5) is 14.0. The summed E-state index contributed by atoms with van der Waals surface area (Å²) in [5.41, 5.74) is 5.90. The summed E-state index contributed by atoms with van der Waals surface area (Å²) in [5, 5.41) is 3.55. The SMILES string of the molecule is CC(=O)N1c2ccc(-c3cccc(NCC4CCOC4)c3)cc2CC[C@@H]1C. The zero-order valence-corrected chi connectivity index (χ0v) is 16.2. The molecule has 2 heterocycles. The maximum Gasteiger partial charge on any atom is 0.224 e. The van der Waals surface area contributed by atoms with E-state index in [1.165, 1.54) is 16.7 Å². The van der Waals surface area contributed by atoms with Gasteiger partial charge in [-0.2, -0.15) is 0 Å². The molecule has 0 aliphatic carbocycles. The Morgan fingerprint density at radius 2 is 2.04 bits per heavy atom. The number of hydrogen-bond acceptors (Lipinski definition) is 3. The molecule has 0 aromatic heterocycles. The lowest BCUT2D eigenvalue weighted by molar-refractivity contribution is -0.117. The first kappa shape index (κ1) is 18.1. The van der Waals surface area contributed by atoms with Crippen LogP contribution in [0.25, 0.3) is 11.1 Å². The van der Waals surface area contributed by atoms with Gasteiger partial charge in [0.2, 0.25) is 5.91 Å². The Kier molecular flexibility index (Phi) is 5.17. The van der Waals surface area contributed by atoms with Crippen molar-refractivity contribution >= 4 is 17.3 Å². The van der Waals surface area contributed by atoms with E-state index in [1.807, 2.05) is 4.90 Å². The molecule has 2 aromatic carbocycles. The van der Waals surface area contributed by atoms with Crippen LogP contribution >= 0.6 is 0 Å². The number of carbonyl (C=O) groups is 1. The number of ether oxygens (including phenoxy) is 1. The van der Waals surface area contributed by atoms with Gasteiger partial charge in [-0.25, -0.2) is 0 Å². The highest BCUT2D eigenvalue weighted by molar-refractivity contribution is 5.94. The summed E-state index contributed by atoms with van der Waals surface area (Å²) in [5.74, 6) is 0.732. The molecular formula is C23H28N2O2. The molecule has 0 saturated carbocycles. The van der Waals surface area contributed by atoms with Gasteiger partial charge in [-0.1, -0.05) is 18.2 Å². The smallest absolute Gasteiger partial charge is 0.224 e. The van der Waals surface area contributed by atoms with Crippen molar-refractivity contribution in [3.63, 3.8) is 0 Å². The Labute approximate surface area is 161 Å². The average molecular weight is 364 g/mol. The van der Waals surface area contributed by atoms with Crippen molar-refractivity contribution in [2.45, 2.75) is 39.2 Å². The van der Waals surface area contributed by atoms with Crippen molar-refractivity contribution in [1.82, 2.24) is 0 Å². The summed E-state index contributed by atoms with van der Waals surface area (Å²) in [6.45, 7) is 6.49. The standard InChI is InChI=1S/C23H28N2O2/c1-16-6-7-21-12-20(8-9-23(21)25(16)17(2)26)19-4-3-5-22(13-19)24-14-18-10-11-27-15-18/h3-5,8-9,12-13,16,18,24H,6-7,10-11,14-15H2,1-2H3/t16-,18?/m0/s1. The fraction of sp³-hybridized carbons (Fsp3) is 0.435. The van der Waals surface area contributed by atoms with Crippen LogP contribution in [0.15, 0.2) is 42.5 Å². The largest absolute Gasteiger partial charge is 0.385 e. The number of rotatable bonds is 4. The predicted octanol–water partition coefficient (Wildman–Crippen LogP) is 4.49. The van der Waals surface area contributed by atoms with Gasteiger partial charge in [-0.05, 0) is 67.1 Å². The maximum atomic E-state index is 12.1. The van der Waals surface area contributed by atoms with E-state index in [1.54, 1.807) is 6.92 Å². The highest BCUT2D eigenvalue weighted by atomic mass is 16.5. The van der Waals surface area contributed by atoms with Gasteiger partial charge in [0.1, 0.15) is 0 Å². The molecule has 142 valence electrons. The molecule has 0 spiro atoms. The lowest BCUT2D eigenvalue weighted by Gasteiger charge is -2.34. The fourth-order valence-electron chi connectivity index (χ4n) is 4.23. The summed E-state index contributed by atoms with van der Waals surface area (Å²) in [7, 11) is 0. The minimum absolute atomic E-state index is 0.123. The number of benzene rings is 2. The van der Waals surface area contributed by atoms with Gasteiger partial charge < -0.3 is 15.0 Å². The molecule has 2 aliphatic rings. The third kappa shape index (κ3) is 3.86. The quantitative estimate of drug-likeness (QED) is 0.869. The number of anilines is 2. The monoisotopic (exact) mass is 364 g/mol. The molecule has 1 saturated heterocycles. The molecule has 1 N–H and O–H groups in total. The first-order valence-electron chi connectivity index (χ1n) is 9.96. The first-order chi connectivity index (χ1) is 13.1. The number of fused-ring (bicyclic) bond motifs is 1. The highest BCUT2D eigenvalue weighted by Gasteiger charge is 2.26. The molecule has 4 nitrogen and oxygen atoms in total. The molecule has 1 fully saturated rings. The minimum Gasteiger partial charge on any atom is -0.385 e. The summed E-state index contributed by atoms with van der Waals surface area (Å²) < 4.78 is 5.46. The molecule has 4 heteroatoms. The van der Waals surface area contributed by atoms with Gasteiger partial charge in [0.15, 0.2) is 0 Å². The zero-order valence-electron chi connectivity index (χ0n) is 16.2. The second-order valence-electron chi connectivity index (χ2n) is 7.81. The van der Waals surface area contributed by atoms with Crippen molar-refractivity contribution in [2.75, 3.05) is 30.0 Å². The van der Waals surface area contributed by atoms with Crippen LogP contribution in [-0.4, -0.2) is 31.7 Å². The minimum atomic E-state index is 0.123. The van der Waals surface area contributed by atoms with E-state index < -0.39 is 0 Å². The Bertz CT molecular complexity index is 827. The lowest BCUT2D eigenvalue weighted by Crippen LogP contribution is -2.40. The second kappa shape index (κ2) is 7.73. The number of nitrogens with one attached hydrogen (secondary N) is 1. The van der Waals surface area contributed by atoms with Crippen LogP contribution in [0.1, 0.15) is 32.3 Å². The normalized spacial score (nSPS) is 21.8. The molecule has 1 amide bonds. The van der Waals surface area contributed by atoms with Crippen molar-refractivity contribution in [3.8, 4) is 11.1 Å². The van der Waals surface area contributed by atoms with Gasteiger partial charge in [0.05, 0.1) is 6.61 Å². The van der Waals surface area contributed by atoms with Crippen molar-refractivity contribution in [2.24, 2.45) is 5.92 Å². The molecule has 0 radical (unpaired) electrons. The van der Waals surface area contributed by atoms with Gasteiger partial charge in [0.25, 0.3) is 0 Å². The van der Waals surface area contributed by atoms with Crippen LogP contribution in [0, 0.1) is 5.92 Å². The average Bonchev–Trinajstić information content (AvgIpc) is 3.19. The number of amides is 1. The lowest BCUT2D eigenvalue weighted by atomic mass is 9.93. The Hall–Kier alpha value is -2.33. The summed E-state index contributed by atoms with van der Waals surface area (Å²) in [6, 6.07) is 15.4. The third-order valence-electron chi connectivity index (χ3n) is 5.77. The molecule has 4 rings (SSSR count). The van der Waals surface area contributed by atoms with E-state index in [9.17, 15) is 4.79 Å². The van der Waals surface area contributed by atoms with E-state index in [4.69, 9.17) is 4.74 Å². The van der Waals surface area contributed by atoms with E-state index >= 15 is 0 Å². The zero-order chi connectivity index (χ0) is 18.8. The van der Waals surface area contributed by atoms with Crippen molar-refractivity contribution in [1.29, 1.82) is 0 Å². The van der Waals surface area contributed by atoms with Crippen LogP contribution < -0.4 is 10.2 Å². The predicted molar refractivity (Wildman–Crippen MR) is 110 cm³/mol. The third-order valence-corrected chi connectivity index (χ3v) is 5.77. The molecule has 2 atom stereocenters. The van der Waals surface area contributed by atoms with E-state index in [0.29, 0.717) is 5.92 Å². The number of hydrogen-bond donors (Lipinski definition) is 1. The van der Waals surface area contributed by atoms with Gasteiger partial charge in [-0.3, -0.25) is 4.79 Å². The summed E-state index contributed by atoms with van der Waals surface area (Å²) in [6.07, 6.45) is 3.18. The molecule has 2 aromatic rings. The topological polar surface area (TPSA) is 41.6 Å². The molecule has 1 unspecified atom stereocenters. The van der Waals surface area contributed by atoms with E-state index in [-0.39, 0.29) is 11.9 Å². The van der Waals surface area contributed by atoms with Crippen LogP contribution in [0.5, 0.6) is 0 Å².